The summed E-state index contributed by atoms with van der Waals surface area (Å²) in [5.74, 6) is -0.248. The lowest BCUT2D eigenvalue weighted by atomic mass is 9.97. The SMILES string of the molecule is COc1c(CC=C(C)C)cc(C(=O)O)cc1CC=C(C)[C@H](O)CC=C(C)C. The van der Waals surface area contributed by atoms with Crippen LogP contribution in [0.2, 0.25) is 0 Å². The number of rotatable bonds is 9. The summed E-state index contributed by atoms with van der Waals surface area (Å²) in [4.78, 5) is 11.5. The van der Waals surface area contributed by atoms with Gasteiger partial charge in [-0.3, -0.25) is 0 Å². The average molecular weight is 373 g/mol. The molecule has 4 nitrogen and oxygen atoms in total. The molecule has 0 aliphatic carbocycles. The molecule has 148 valence electrons. The van der Waals surface area contributed by atoms with E-state index >= 15 is 0 Å². The quantitative estimate of drug-likeness (QED) is 0.591. The standard InChI is InChI=1S/C23H32O4/c1-15(2)7-10-18-13-20(23(25)26)14-19(22(18)27-6)11-9-17(5)21(24)12-8-16(3)4/h7-9,13-14,21,24H,10-12H2,1-6H3,(H,25,26)/t21-/m1/s1. The van der Waals surface area contributed by atoms with Crippen molar-refractivity contribution in [3.05, 3.63) is 63.8 Å². The Morgan fingerprint density at radius 2 is 1.52 bits per heavy atom. The highest BCUT2D eigenvalue weighted by Gasteiger charge is 2.14. The van der Waals surface area contributed by atoms with Crippen LogP contribution in [0.25, 0.3) is 0 Å². The van der Waals surface area contributed by atoms with E-state index < -0.39 is 12.1 Å². The lowest BCUT2D eigenvalue weighted by molar-refractivity contribution is 0.0696. The second kappa shape index (κ2) is 10.7. The van der Waals surface area contributed by atoms with Gasteiger partial charge in [-0.05, 0) is 82.7 Å². The van der Waals surface area contributed by atoms with Gasteiger partial charge in [-0.25, -0.2) is 4.79 Å². The van der Waals surface area contributed by atoms with E-state index in [1.807, 2.05) is 46.8 Å². The second-order valence-electron chi connectivity index (χ2n) is 7.30. The maximum absolute atomic E-state index is 11.5. The third-order valence-electron chi connectivity index (χ3n) is 4.34. The van der Waals surface area contributed by atoms with E-state index in [0.717, 1.165) is 22.3 Å². The number of aliphatic hydroxyl groups excluding tert-OH is 1. The summed E-state index contributed by atoms with van der Waals surface area (Å²) in [6, 6.07) is 3.32. The van der Waals surface area contributed by atoms with Gasteiger partial charge in [-0.1, -0.05) is 29.4 Å². The number of aliphatic hydroxyl groups is 1. The molecule has 4 heteroatoms. The Kier molecular flexibility index (Phi) is 9.03. The van der Waals surface area contributed by atoms with E-state index in [9.17, 15) is 15.0 Å². The molecule has 27 heavy (non-hydrogen) atoms. The normalized spacial score (nSPS) is 12.3. The summed E-state index contributed by atoms with van der Waals surface area (Å²) in [6.45, 7) is 9.91. The Hall–Kier alpha value is -2.33. The molecule has 0 aliphatic heterocycles. The van der Waals surface area contributed by atoms with Crippen molar-refractivity contribution >= 4 is 5.97 Å². The predicted molar refractivity (Wildman–Crippen MR) is 111 cm³/mol. The van der Waals surface area contributed by atoms with Gasteiger partial charge in [0.2, 0.25) is 0 Å². The second-order valence-corrected chi connectivity index (χ2v) is 7.30. The van der Waals surface area contributed by atoms with Crippen LogP contribution in [0.15, 0.2) is 47.1 Å². The molecule has 0 saturated heterocycles. The van der Waals surface area contributed by atoms with Crippen molar-refractivity contribution in [2.75, 3.05) is 7.11 Å². The molecule has 1 aromatic carbocycles. The molecule has 0 fully saturated rings. The van der Waals surface area contributed by atoms with Crippen molar-refractivity contribution in [1.82, 2.24) is 0 Å². The first-order valence-electron chi connectivity index (χ1n) is 9.20. The number of hydrogen-bond acceptors (Lipinski definition) is 3. The average Bonchev–Trinajstić information content (AvgIpc) is 2.61. The molecule has 0 spiro atoms. The van der Waals surface area contributed by atoms with E-state index in [0.29, 0.717) is 25.0 Å². The van der Waals surface area contributed by atoms with Gasteiger partial charge in [0, 0.05) is 0 Å². The number of methoxy groups -OCH3 is 1. The fourth-order valence-electron chi connectivity index (χ4n) is 2.70. The molecule has 0 heterocycles. The van der Waals surface area contributed by atoms with E-state index in [4.69, 9.17) is 4.74 Å². The van der Waals surface area contributed by atoms with E-state index in [1.165, 1.54) is 5.57 Å². The minimum atomic E-state index is -0.957. The summed E-state index contributed by atoms with van der Waals surface area (Å²) in [6.07, 6.45) is 7.15. The first kappa shape index (κ1) is 22.7. The maximum Gasteiger partial charge on any atom is 0.335 e. The summed E-state index contributed by atoms with van der Waals surface area (Å²) < 4.78 is 5.59. The van der Waals surface area contributed by atoms with Gasteiger partial charge < -0.3 is 14.9 Å². The van der Waals surface area contributed by atoms with Gasteiger partial charge >= 0.3 is 5.97 Å². The zero-order chi connectivity index (χ0) is 20.6. The number of benzene rings is 1. The Bertz CT molecular complexity index is 746. The van der Waals surface area contributed by atoms with Crippen LogP contribution in [0, 0.1) is 0 Å². The monoisotopic (exact) mass is 372 g/mol. The Morgan fingerprint density at radius 3 is 1.96 bits per heavy atom. The summed E-state index contributed by atoms with van der Waals surface area (Å²) in [5.41, 5.74) is 5.10. The van der Waals surface area contributed by atoms with Crippen molar-refractivity contribution in [2.45, 2.75) is 60.0 Å². The van der Waals surface area contributed by atoms with Crippen molar-refractivity contribution in [3.63, 3.8) is 0 Å². The fourth-order valence-corrected chi connectivity index (χ4v) is 2.70. The van der Waals surface area contributed by atoms with Crippen molar-refractivity contribution in [3.8, 4) is 5.75 Å². The number of carboxylic acid groups (broad SMARTS) is 1. The van der Waals surface area contributed by atoms with Gasteiger partial charge in [0.25, 0.3) is 0 Å². The molecule has 2 N–H and O–H groups in total. The number of allylic oxidation sites excluding steroid dienone is 4. The van der Waals surface area contributed by atoms with Crippen LogP contribution in [-0.2, 0) is 12.8 Å². The number of carbonyl (C=O) groups is 1. The van der Waals surface area contributed by atoms with Crippen molar-refractivity contribution in [2.24, 2.45) is 0 Å². The first-order valence-corrected chi connectivity index (χ1v) is 9.20. The van der Waals surface area contributed by atoms with Crippen LogP contribution in [0.1, 0.15) is 62.5 Å². The molecule has 1 aromatic rings. The highest BCUT2D eigenvalue weighted by atomic mass is 16.5. The van der Waals surface area contributed by atoms with Crippen LogP contribution in [0.4, 0.5) is 0 Å². The summed E-state index contributed by atoms with van der Waals surface area (Å²) in [7, 11) is 1.60. The molecule has 0 saturated carbocycles. The van der Waals surface area contributed by atoms with Crippen molar-refractivity contribution in [1.29, 1.82) is 0 Å². The lowest BCUT2D eigenvalue weighted by Crippen LogP contribution is -2.08. The molecule has 0 unspecified atom stereocenters. The Balaban J connectivity index is 3.20. The highest BCUT2D eigenvalue weighted by molar-refractivity contribution is 5.88. The highest BCUT2D eigenvalue weighted by Crippen LogP contribution is 2.28. The van der Waals surface area contributed by atoms with Gasteiger partial charge in [-0.2, -0.15) is 0 Å². The molecular weight excluding hydrogens is 340 g/mol. The van der Waals surface area contributed by atoms with Gasteiger partial charge in [0.05, 0.1) is 18.8 Å². The number of ether oxygens (including phenoxy) is 1. The van der Waals surface area contributed by atoms with Crippen LogP contribution in [-0.4, -0.2) is 29.4 Å². The van der Waals surface area contributed by atoms with Gasteiger partial charge in [-0.15, -0.1) is 0 Å². The third kappa shape index (κ3) is 7.43. The van der Waals surface area contributed by atoms with Crippen LogP contribution in [0.3, 0.4) is 0 Å². The summed E-state index contributed by atoms with van der Waals surface area (Å²) in [5, 5.41) is 19.7. The van der Waals surface area contributed by atoms with E-state index in [-0.39, 0.29) is 5.56 Å². The van der Waals surface area contributed by atoms with Crippen LogP contribution in [0.5, 0.6) is 5.75 Å². The minimum absolute atomic E-state index is 0.249. The predicted octanol–water partition coefficient (Wildman–Crippen LogP) is 5.11. The number of hydrogen-bond donors (Lipinski definition) is 2. The molecule has 0 amide bonds. The minimum Gasteiger partial charge on any atom is -0.496 e. The van der Waals surface area contributed by atoms with E-state index in [1.54, 1.807) is 19.2 Å². The smallest absolute Gasteiger partial charge is 0.335 e. The first-order chi connectivity index (χ1) is 12.6. The molecular formula is C23H32O4. The zero-order valence-electron chi connectivity index (χ0n) is 17.3. The molecule has 0 bridgehead atoms. The molecule has 0 aromatic heterocycles. The largest absolute Gasteiger partial charge is 0.496 e. The van der Waals surface area contributed by atoms with Crippen LogP contribution >= 0.6 is 0 Å². The topological polar surface area (TPSA) is 66.8 Å². The zero-order valence-corrected chi connectivity index (χ0v) is 17.3. The van der Waals surface area contributed by atoms with Gasteiger partial charge in [0.15, 0.2) is 0 Å². The summed E-state index contributed by atoms with van der Waals surface area (Å²) >= 11 is 0. The molecule has 1 rings (SSSR count). The number of carboxylic acids is 1. The van der Waals surface area contributed by atoms with Crippen molar-refractivity contribution < 1.29 is 19.7 Å². The van der Waals surface area contributed by atoms with Gasteiger partial charge in [0.1, 0.15) is 5.75 Å². The molecule has 0 radical (unpaired) electrons. The fraction of sp³-hybridized carbons (Fsp3) is 0.435. The molecule has 1 atom stereocenters. The maximum atomic E-state index is 11.5. The van der Waals surface area contributed by atoms with E-state index in [2.05, 4.69) is 6.08 Å². The Morgan fingerprint density at radius 1 is 1.00 bits per heavy atom. The molecule has 0 aliphatic rings. The lowest BCUT2D eigenvalue weighted by Gasteiger charge is -2.15. The number of aromatic carboxylic acids is 1. The Labute approximate surface area is 162 Å². The third-order valence-corrected chi connectivity index (χ3v) is 4.34. The van der Waals surface area contributed by atoms with Crippen LogP contribution < -0.4 is 4.74 Å².